The van der Waals surface area contributed by atoms with Crippen molar-refractivity contribution >= 4 is 12.4 Å². The molecular formula is C13H15ClF2N2. The third kappa shape index (κ3) is 3.41. The zero-order valence-corrected chi connectivity index (χ0v) is 10.7. The number of benzene rings is 1. The first kappa shape index (κ1) is 14.9. The van der Waals surface area contributed by atoms with Crippen LogP contribution in [0.25, 0.3) is 0 Å². The number of hydrogen-bond acceptors (Lipinski definition) is 2. The van der Waals surface area contributed by atoms with Crippen molar-refractivity contribution in [2.45, 2.75) is 19.3 Å². The van der Waals surface area contributed by atoms with Gasteiger partial charge in [-0.2, -0.15) is 5.26 Å². The standard InChI is InChI=1S/C13H14F2N2.ClH/c14-11-5-10(6-12(15)7-11)8-13(9-16)1-3-17-4-2-13;/h5-7,17H,1-4,8H2;1H. The second kappa shape index (κ2) is 6.12. The molecule has 1 aromatic carbocycles. The molecule has 0 aliphatic carbocycles. The number of nitrogens with one attached hydrogen (secondary N) is 1. The topological polar surface area (TPSA) is 35.8 Å². The Bertz CT molecular complexity index is 431. The van der Waals surface area contributed by atoms with E-state index in [0.717, 1.165) is 32.0 Å². The van der Waals surface area contributed by atoms with E-state index in [4.69, 9.17) is 0 Å². The maximum atomic E-state index is 13.1. The van der Waals surface area contributed by atoms with Gasteiger partial charge >= 0.3 is 0 Å². The highest BCUT2D eigenvalue weighted by atomic mass is 35.5. The molecule has 18 heavy (non-hydrogen) atoms. The molecule has 1 aliphatic heterocycles. The van der Waals surface area contributed by atoms with Gasteiger partial charge in [0.25, 0.3) is 0 Å². The highest BCUT2D eigenvalue weighted by molar-refractivity contribution is 5.85. The van der Waals surface area contributed by atoms with Crippen LogP contribution in [0.15, 0.2) is 18.2 Å². The second-order valence-corrected chi connectivity index (χ2v) is 4.60. The van der Waals surface area contributed by atoms with Crippen molar-refractivity contribution in [2.75, 3.05) is 13.1 Å². The molecule has 0 radical (unpaired) electrons. The molecule has 0 unspecified atom stereocenters. The average molecular weight is 273 g/mol. The van der Waals surface area contributed by atoms with Gasteiger partial charge in [0.1, 0.15) is 11.6 Å². The molecule has 0 atom stereocenters. The Morgan fingerprint density at radius 1 is 1.17 bits per heavy atom. The molecule has 1 heterocycles. The average Bonchev–Trinajstić information content (AvgIpc) is 2.29. The monoisotopic (exact) mass is 272 g/mol. The third-order valence-corrected chi connectivity index (χ3v) is 3.26. The number of halogens is 3. The lowest BCUT2D eigenvalue weighted by molar-refractivity contribution is 0.280. The Kier molecular flexibility index (Phi) is 5.06. The number of hydrogen-bond donors (Lipinski definition) is 1. The van der Waals surface area contributed by atoms with Crippen LogP contribution in [-0.4, -0.2) is 13.1 Å². The number of nitriles is 1. The van der Waals surface area contributed by atoms with Crippen molar-refractivity contribution in [3.8, 4) is 6.07 Å². The summed E-state index contributed by atoms with van der Waals surface area (Å²) in [5.41, 5.74) is 0.0804. The van der Waals surface area contributed by atoms with Gasteiger partial charge in [-0.05, 0) is 50.0 Å². The van der Waals surface area contributed by atoms with Crippen LogP contribution >= 0.6 is 12.4 Å². The van der Waals surface area contributed by atoms with E-state index in [9.17, 15) is 14.0 Å². The van der Waals surface area contributed by atoms with Gasteiger partial charge in [-0.1, -0.05) is 0 Å². The van der Waals surface area contributed by atoms with Crippen LogP contribution in [0.5, 0.6) is 0 Å². The van der Waals surface area contributed by atoms with Crippen molar-refractivity contribution in [1.82, 2.24) is 5.32 Å². The molecule has 0 aromatic heterocycles. The molecular weight excluding hydrogens is 258 g/mol. The highest BCUT2D eigenvalue weighted by Crippen LogP contribution is 2.32. The summed E-state index contributed by atoms with van der Waals surface area (Å²) in [5.74, 6) is -1.16. The van der Waals surface area contributed by atoms with Crippen molar-refractivity contribution < 1.29 is 8.78 Å². The molecule has 1 N–H and O–H groups in total. The highest BCUT2D eigenvalue weighted by Gasteiger charge is 2.32. The lowest BCUT2D eigenvalue weighted by atomic mass is 9.75. The number of piperidine rings is 1. The van der Waals surface area contributed by atoms with E-state index < -0.39 is 17.0 Å². The van der Waals surface area contributed by atoms with E-state index >= 15 is 0 Å². The van der Waals surface area contributed by atoms with Crippen LogP contribution in [0.2, 0.25) is 0 Å². The minimum absolute atomic E-state index is 0. The predicted molar refractivity (Wildman–Crippen MR) is 67.5 cm³/mol. The molecule has 1 fully saturated rings. The van der Waals surface area contributed by atoms with Gasteiger partial charge in [0, 0.05) is 6.07 Å². The summed E-state index contributed by atoms with van der Waals surface area (Å²) < 4.78 is 26.2. The van der Waals surface area contributed by atoms with Gasteiger partial charge in [-0.15, -0.1) is 12.4 Å². The molecule has 2 rings (SSSR count). The molecule has 0 spiro atoms. The van der Waals surface area contributed by atoms with Crippen molar-refractivity contribution in [2.24, 2.45) is 5.41 Å². The third-order valence-electron chi connectivity index (χ3n) is 3.26. The van der Waals surface area contributed by atoms with Crippen molar-refractivity contribution in [3.63, 3.8) is 0 Å². The summed E-state index contributed by atoms with van der Waals surface area (Å²) in [6.45, 7) is 1.57. The van der Waals surface area contributed by atoms with E-state index in [0.29, 0.717) is 12.0 Å². The van der Waals surface area contributed by atoms with Gasteiger partial charge in [-0.3, -0.25) is 0 Å². The summed E-state index contributed by atoms with van der Waals surface area (Å²) in [7, 11) is 0. The fourth-order valence-corrected chi connectivity index (χ4v) is 2.34. The van der Waals surface area contributed by atoms with E-state index in [2.05, 4.69) is 11.4 Å². The molecule has 98 valence electrons. The van der Waals surface area contributed by atoms with Crippen LogP contribution in [0, 0.1) is 28.4 Å². The Morgan fingerprint density at radius 2 is 1.72 bits per heavy atom. The van der Waals surface area contributed by atoms with Gasteiger partial charge in [0.2, 0.25) is 0 Å². The van der Waals surface area contributed by atoms with Crippen LogP contribution in [0.4, 0.5) is 8.78 Å². The molecule has 1 aromatic rings. The maximum Gasteiger partial charge on any atom is 0.126 e. The first-order valence-electron chi connectivity index (χ1n) is 5.70. The smallest absolute Gasteiger partial charge is 0.126 e. The normalized spacial score (nSPS) is 17.6. The summed E-state index contributed by atoms with van der Waals surface area (Å²) in [6.07, 6.45) is 1.86. The SMILES string of the molecule is Cl.N#CC1(Cc2cc(F)cc(F)c2)CCNCC1. The molecule has 5 heteroatoms. The fourth-order valence-electron chi connectivity index (χ4n) is 2.34. The maximum absolute atomic E-state index is 13.1. The second-order valence-electron chi connectivity index (χ2n) is 4.60. The summed E-state index contributed by atoms with van der Waals surface area (Å²) in [5, 5.41) is 12.5. The molecule has 1 saturated heterocycles. The van der Waals surface area contributed by atoms with E-state index in [1.54, 1.807) is 0 Å². The minimum Gasteiger partial charge on any atom is -0.317 e. The number of nitrogens with zero attached hydrogens (tertiary/aromatic N) is 1. The molecule has 2 nitrogen and oxygen atoms in total. The van der Waals surface area contributed by atoms with Crippen molar-refractivity contribution in [3.05, 3.63) is 35.4 Å². The van der Waals surface area contributed by atoms with Crippen LogP contribution in [0.3, 0.4) is 0 Å². The number of rotatable bonds is 2. The molecule has 0 amide bonds. The summed E-state index contributed by atoms with van der Waals surface area (Å²) in [4.78, 5) is 0. The quantitative estimate of drug-likeness (QED) is 0.899. The van der Waals surface area contributed by atoms with Gasteiger partial charge < -0.3 is 5.32 Å². The summed E-state index contributed by atoms with van der Waals surface area (Å²) in [6, 6.07) is 5.79. The van der Waals surface area contributed by atoms with Gasteiger partial charge in [-0.25, -0.2) is 8.78 Å². The summed E-state index contributed by atoms with van der Waals surface area (Å²) >= 11 is 0. The Morgan fingerprint density at radius 3 is 2.22 bits per heavy atom. The zero-order valence-electron chi connectivity index (χ0n) is 9.88. The van der Waals surface area contributed by atoms with Crippen molar-refractivity contribution in [1.29, 1.82) is 5.26 Å². The van der Waals surface area contributed by atoms with Crippen LogP contribution in [0.1, 0.15) is 18.4 Å². The lowest BCUT2D eigenvalue weighted by Crippen LogP contribution is -2.37. The largest absolute Gasteiger partial charge is 0.317 e. The minimum atomic E-state index is -0.581. The van der Waals surface area contributed by atoms with Crippen LogP contribution in [-0.2, 0) is 6.42 Å². The van der Waals surface area contributed by atoms with E-state index in [-0.39, 0.29) is 12.4 Å². The Hall–Kier alpha value is -1.18. The lowest BCUT2D eigenvalue weighted by Gasteiger charge is -2.31. The predicted octanol–water partition coefficient (Wildman–Crippen LogP) is 2.82. The first-order chi connectivity index (χ1) is 8.13. The van der Waals surface area contributed by atoms with E-state index in [1.165, 1.54) is 12.1 Å². The fraction of sp³-hybridized carbons (Fsp3) is 0.462. The molecule has 0 bridgehead atoms. The Labute approximate surface area is 111 Å². The molecule has 1 aliphatic rings. The van der Waals surface area contributed by atoms with Gasteiger partial charge in [0.15, 0.2) is 0 Å². The first-order valence-corrected chi connectivity index (χ1v) is 5.70. The molecule has 0 saturated carbocycles. The Balaban J connectivity index is 0.00000162. The van der Waals surface area contributed by atoms with Crippen LogP contribution < -0.4 is 5.32 Å². The zero-order chi connectivity index (χ0) is 12.3. The van der Waals surface area contributed by atoms with Gasteiger partial charge in [0.05, 0.1) is 11.5 Å². The van der Waals surface area contributed by atoms with E-state index in [1.807, 2.05) is 0 Å².